The highest BCUT2D eigenvalue weighted by molar-refractivity contribution is 6.30. The molecule has 98 valence electrons. The van der Waals surface area contributed by atoms with E-state index in [9.17, 15) is 4.79 Å². The molecule has 0 spiro atoms. The molecule has 0 saturated carbocycles. The minimum absolute atomic E-state index is 0.00175. The van der Waals surface area contributed by atoms with Crippen LogP contribution in [0.1, 0.15) is 24.8 Å². The predicted octanol–water partition coefficient (Wildman–Crippen LogP) is 2.14. The maximum Gasteiger partial charge on any atom is 0.237 e. The Morgan fingerprint density at radius 2 is 2.33 bits per heavy atom. The molecule has 4 heteroatoms. The van der Waals surface area contributed by atoms with Crippen LogP contribution in [0.15, 0.2) is 24.3 Å². The summed E-state index contributed by atoms with van der Waals surface area (Å²) in [5.41, 5.74) is 1.15. The van der Waals surface area contributed by atoms with Crippen LogP contribution in [0.25, 0.3) is 0 Å². The lowest BCUT2D eigenvalue weighted by atomic mass is 10.0. The number of carbonyl (C=O) groups is 1. The number of amides is 1. The van der Waals surface area contributed by atoms with E-state index in [-0.39, 0.29) is 11.9 Å². The van der Waals surface area contributed by atoms with E-state index in [4.69, 9.17) is 11.6 Å². The lowest BCUT2D eigenvalue weighted by molar-refractivity contribution is -0.123. The van der Waals surface area contributed by atoms with E-state index in [1.165, 1.54) is 6.42 Å². The van der Waals surface area contributed by atoms with Gasteiger partial charge in [-0.2, -0.15) is 0 Å². The van der Waals surface area contributed by atoms with Gasteiger partial charge in [0.05, 0.1) is 6.04 Å². The van der Waals surface area contributed by atoms with Crippen molar-refractivity contribution in [2.45, 2.75) is 31.7 Å². The number of piperidine rings is 1. The molecule has 1 aromatic rings. The number of nitrogens with one attached hydrogen (secondary N) is 2. The van der Waals surface area contributed by atoms with Gasteiger partial charge in [0.1, 0.15) is 0 Å². The molecule has 0 radical (unpaired) electrons. The third kappa shape index (κ3) is 4.00. The molecule has 1 saturated heterocycles. The number of halogens is 1. The molecule has 1 aliphatic heterocycles. The van der Waals surface area contributed by atoms with Gasteiger partial charge in [-0.15, -0.1) is 0 Å². The quantitative estimate of drug-likeness (QED) is 0.877. The van der Waals surface area contributed by atoms with Gasteiger partial charge in [0.15, 0.2) is 0 Å². The molecule has 0 aliphatic carbocycles. The van der Waals surface area contributed by atoms with Gasteiger partial charge in [-0.25, -0.2) is 0 Å². The molecule has 0 bridgehead atoms. The second-order valence-corrected chi connectivity index (χ2v) is 5.11. The third-order valence-electron chi connectivity index (χ3n) is 3.23. The zero-order valence-corrected chi connectivity index (χ0v) is 11.2. The number of benzene rings is 1. The summed E-state index contributed by atoms with van der Waals surface area (Å²) in [6.45, 7) is 1.61. The monoisotopic (exact) mass is 266 g/mol. The molecule has 0 aromatic heterocycles. The average Bonchev–Trinajstić information content (AvgIpc) is 2.40. The SMILES string of the molecule is O=C(NCCc1cccc(Cl)c1)[C@@H]1CCCCN1. The van der Waals surface area contributed by atoms with E-state index in [1.807, 2.05) is 24.3 Å². The molecule has 0 unspecified atom stereocenters. The molecule has 3 nitrogen and oxygen atoms in total. The largest absolute Gasteiger partial charge is 0.354 e. The minimum atomic E-state index is -0.00175. The molecule has 1 amide bonds. The summed E-state index contributed by atoms with van der Waals surface area (Å²) < 4.78 is 0. The van der Waals surface area contributed by atoms with Crippen molar-refractivity contribution in [2.75, 3.05) is 13.1 Å². The fourth-order valence-electron chi connectivity index (χ4n) is 2.22. The van der Waals surface area contributed by atoms with Gasteiger partial charge in [-0.3, -0.25) is 4.79 Å². The molecule has 1 heterocycles. The lowest BCUT2D eigenvalue weighted by Gasteiger charge is -2.22. The topological polar surface area (TPSA) is 41.1 Å². The normalized spacial score (nSPS) is 19.5. The van der Waals surface area contributed by atoms with Gasteiger partial charge < -0.3 is 10.6 Å². The Morgan fingerprint density at radius 3 is 3.06 bits per heavy atom. The summed E-state index contributed by atoms with van der Waals surface area (Å²) in [6.07, 6.45) is 4.08. The van der Waals surface area contributed by atoms with Gasteiger partial charge in [0.2, 0.25) is 5.91 Å². The molecule has 18 heavy (non-hydrogen) atoms. The summed E-state index contributed by atoms with van der Waals surface area (Å²) in [7, 11) is 0. The molecule has 1 fully saturated rings. The second-order valence-electron chi connectivity index (χ2n) is 4.67. The summed E-state index contributed by atoms with van der Waals surface area (Å²) in [4.78, 5) is 11.9. The predicted molar refractivity (Wildman–Crippen MR) is 73.8 cm³/mol. The summed E-state index contributed by atoms with van der Waals surface area (Å²) in [5.74, 6) is 0.122. The molecule has 2 rings (SSSR count). The van der Waals surface area contributed by atoms with Crippen LogP contribution in [-0.2, 0) is 11.2 Å². The van der Waals surface area contributed by atoms with E-state index in [0.29, 0.717) is 6.54 Å². The van der Waals surface area contributed by atoms with E-state index in [2.05, 4.69) is 10.6 Å². The van der Waals surface area contributed by atoms with E-state index >= 15 is 0 Å². The maximum atomic E-state index is 11.9. The van der Waals surface area contributed by atoms with Crippen LogP contribution in [0.2, 0.25) is 5.02 Å². The molecule has 1 atom stereocenters. The van der Waals surface area contributed by atoms with E-state index in [0.717, 1.165) is 36.4 Å². The highest BCUT2D eigenvalue weighted by Gasteiger charge is 2.19. The standard InChI is InChI=1S/C14H19ClN2O/c15-12-5-3-4-11(10-12)7-9-17-14(18)13-6-1-2-8-16-13/h3-5,10,13,16H,1-2,6-9H2,(H,17,18)/t13-/m0/s1. The van der Waals surface area contributed by atoms with Crippen molar-refractivity contribution in [3.8, 4) is 0 Å². The van der Waals surface area contributed by atoms with Crippen LogP contribution in [-0.4, -0.2) is 25.0 Å². The third-order valence-corrected chi connectivity index (χ3v) is 3.46. The second kappa shape index (κ2) is 6.76. The first kappa shape index (κ1) is 13.4. The van der Waals surface area contributed by atoms with Gasteiger partial charge in [0, 0.05) is 11.6 Å². The highest BCUT2D eigenvalue weighted by Crippen LogP contribution is 2.11. The zero-order valence-electron chi connectivity index (χ0n) is 10.4. The first-order chi connectivity index (χ1) is 8.75. The number of hydrogen-bond donors (Lipinski definition) is 2. The van der Waals surface area contributed by atoms with Crippen molar-refractivity contribution in [1.29, 1.82) is 0 Å². The van der Waals surface area contributed by atoms with Crippen molar-refractivity contribution in [2.24, 2.45) is 0 Å². The van der Waals surface area contributed by atoms with Crippen LogP contribution in [0, 0.1) is 0 Å². The smallest absolute Gasteiger partial charge is 0.237 e. The molecular formula is C14H19ClN2O. The molecule has 1 aromatic carbocycles. The van der Waals surface area contributed by atoms with Crippen molar-refractivity contribution in [3.63, 3.8) is 0 Å². The Morgan fingerprint density at radius 1 is 1.44 bits per heavy atom. The Labute approximate surface area is 113 Å². The van der Waals surface area contributed by atoms with Crippen molar-refractivity contribution in [1.82, 2.24) is 10.6 Å². The number of hydrogen-bond acceptors (Lipinski definition) is 2. The molecular weight excluding hydrogens is 248 g/mol. The van der Waals surface area contributed by atoms with Gasteiger partial charge in [-0.05, 0) is 43.5 Å². The fourth-order valence-corrected chi connectivity index (χ4v) is 2.43. The van der Waals surface area contributed by atoms with Crippen LogP contribution in [0.4, 0.5) is 0 Å². The molecule has 1 aliphatic rings. The Hall–Kier alpha value is -1.06. The van der Waals surface area contributed by atoms with Gasteiger partial charge in [0.25, 0.3) is 0 Å². The van der Waals surface area contributed by atoms with Crippen molar-refractivity contribution < 1.29 is 4.79 Å². The Bertz CT molecular complexity index is 403. The lowest BCUT2D eigenvalue weighted by Crippen LogP contribution is -2.47. The first-order valence-electron chi connectivity index (χ1n) is 6.51. The van der Waals surface area contributed by atoms with Crippen molar-refractivity contribution >= 4 is 17.5 Å². The molecule has 2 N–H and O–H groups in total. The van der Waals surface area contributed by atoms with Crippen molar-refractivity contribution in [3.05, 3.63) is 34.9 Å². The van der Waals surface area contributed by atoms with Crippen LogP contribution < -0.4 is 10.6 Å². The average molecular weight is 267 g/mol. The van der Waals surface area contributed by atoms with Crippen LogP contribution in [0.5, 0.6) is 0 Å². The Balaban J connectivity index is 1.73. The van der Waals surface area contributed by atoms with Gasteiger partial charge in [-0.1, -0.05) is 30.2 Å². The maximum absolute atomic E-state index is 11.9. The van der Waals surface area contributed by atoms with E-state index in [1.54, 1.807) is 0 Å². The van der Waals surface area contributed by atoms with Crippen LogP contribution in [0.3, 0.4) is 0 Å². The summed E-state index contributed by atoms with van der Waals surface area (Å²) >= 11 is 5.91. The zero-order chi connectivity index (χ0) is 12.8. The summed E-state index contributed by atoms with van der Waals surface area (Å²) in [5, 5.41) is 6.96. The van der Waals surface area contributed by atoms with Gasteiger partial charge >= 0.3 is 0 Å². The van der Waals surface area contributed by atoms with E-state index < -0.39 is 0 Å². The summed E-state index contributed by atoms with van der Waals surface area (Å²) in [6, 6.07) is 7.75. The van der Waals surface area contributed by atoms with Crippen LogP contribution >= 0.6 is 11.6 Å². The Kier molecular flexibility index (Phi) is 5.02. The minimum Gasteiger partial charge on any atom is -0.354 e. The number of rotatable bonds is 4. The fraction of sp³-hybridized carbons (Fsp3) is 0.500. The first-order valence-corrected chi connectivity index (χ1v) is 6.89. The number of carbonyl (C=O) groups excluding carboxylic acids is 1. The highest BCUT2D eigenvalue weighted by atomic mass is 35.5.